The lowest BCUT2D eigenvalue weighted by atomic mass is 10.1. The van der Waals surface area contributed by atoms with Crippen molar-refractivity contribution in [3.63, 3.8) is 0 Å². The molecule has 162 valence electrons. The number of rotatable bonds is 8. The number of nitrogens with one attached hydrogen (secondary N) is 3. The van der Waals surface area contributed by atoms with Gasteiger partial charge in [0.05, 0.1) is 0 Å². The van der Waals surface area contributed by atoms with E-state index in [1.807, 2.05) is 70.2 Å². The van der Waals surface area contributed by atoms with E-state index in [0.717, 1.165) is 37.6 Å². The minimum Gasteiger partial charge on any atom is -0.444 e. The fraction of sp³-hybridized carbons (Fsp3) is 0.435. The van der Waals surface area contributed by atoms with Crippen LogP contribution in [0.1, 0.15) is 39.0 Å². The van der Waals surface area contributed by atoms with Gasteiger partial charge in [-0.05, 0) is 63.9 Å². The molecule has 0 fully saturated rings. The average Bonchev–Trinajstić information content (AvgIpc) is 2.69. The summed E-state index contributed by atoms with van der Waals surface area (Å²) in [6.07, 6.45) is 3.01. The maximum absolute atomic E-state index is 11.8. The van der Waals surface area contributed by atoms with Gasteiger partial charge in [0.2, 0.25) is 0 Å². The molecule has 0 saturated heterocycles. The van der Waals surface area contributed by atoms with Crippen LogP contribution >= 0.6 is 0 Å². The first-order valence-electron chi connectivity index (χ1n) is 10.4. The number of nitrogens with zero attached hydrogens (tertiary/aromatic N) is 2. The minimum absolute atomic E-state index is 0.450. The maximum Gasteiger partial charge on any atom is 0.412 e. The monoisotopic (exact) mass is 411 g/mol. The van der Waals surface area contributed by atoms with E-state index < -0.39 is 11.7 Å². The molecule has 3 N–H and O–H groups in total. The number of benzene rings is 1. The molecule has 0 bridgehead atoms. The Balaban J connectivity index is 1.77. The van der Waals surface area contributed by atoms with Gasteiger partial charge in [-0.2, -0.15) is 0 Å². The van der Waals surface area contributed by atoms with E-state index >= 15 is 0 Å². The molecule has 0 spiro atoms. The topological polar surface area (TPSA) is 87.6 Å². The van der Waals surface area contributed by atoms with Crippen LogP contribution in [0.25, 0.3) is 0 Å². The lowest BCUT2D eigenvalue weighted by Gasteiger charge is -2.19. The zero-order valence-corrected chi connectivity index (χ0v) is 18.4. The van der Waals surface area contributed by atoms with Crippen molar-refractivity contribution in [2.24, 2.45) is 4.99 Å². The van der Waals surface area contributed by atoms with Gasteiger partial charge in [0.1, 0.15) is 5.60 Å². The molecule has 2 rings (SSSR count). The number of pyridine rings is 1. The Morgan fingerprint density at radius 2 is 1.83 bits per heavy atom. The van der Waals surface area contributed by atoms with Gasteiger partial charge in [-0.15, -0.1) is 0 Å². The molecule has 7 heteroatoms. The summed E-state index contributed by atoms with van der Waals surface area (Å²) in [5, 5.41) is 9.36. The maximum atomic E-state index is 11.8. The van der Waals surface area contributed by atoms with Gasteiger partial charge in [-0.3, -0.25) is 15.3 Å². The molecule has 1 aromatic carbocycles. The number of guanidine groups is 1. The third-order valence-electron chi connectivity index (χ3n) is 4.01. The van der Waals surface area contributed by atoms with Gasteiger partial charge >= 0.3 is 6.09 Å². The van der Waals surface area contributed by atoms with E-state index in [1.165, 1.54) is 5.56 Å². The third-order valence-corrected chi connectivity index (χ3v) is 4.01. The van der Waals surface area contributed by atoms with E-state index in [0.29, 0.717) is 12.2 Å². The molecule has 0 saturated carbocycles. The number of anilines is 1. The van der Waals surface area contributed by atoms with Crippen LogP contribution in [-0.2, 0) is 17.6 Å². The lowest BCUT2D eigenvalue weighted by molar-refractivity contribution is 0.0636. The van der Waals surface area contributed by atoms with Gasteiger partial charge < -0.3 is 15.4 Å². The molecule has 0 aliphatic carbocycles. The Morgan fingerprint density at radius 3 is 2.47 bits per heavy atom. The molecule has 0 aliphatic rings. The van der Waals surface area contributed by atoms with Crippen molar-refractivity contribution in [3.8, 4) is 0 Å². The molecule has 1 aromatic heterocycles. The predicted molar refractivity (Wildman–Crippen MR) is 122 cm³/mol. The number of hydrogen-bond acceptors (Lipinski definition) is 4. The average molecular weight is 412 g/mol. The molecule has 2 aromatic rings. The summed E-state index contributed by atoms with van der Waals surface area (Å²) in [5.41, 5.74) is 2.41. The number of amides is 1. The second kappa shape index (κ2) is 11.8. The second-order valence-electron chi connectivity index (χ2n) is 7.83. The second-order valence-corrected chi connectivity index (χ2v) is 7.83. The van der Waals surface area contributed by atoms with Crippen molar-refractivity contribution in [1.29, 1.82) is 0 Å². The quantitative estimate of drug-likeness (QED) is 0.455. The summed E-state index contributed by atoms with van der Waals surface area (Å²) in [7, 11) is 0. The Kier molecular flexibility index (Phi) is 9.12. The zero-order valence-electron chi connectivity index (χ0n) is 18.4. The van der Waals surface area contributed by atoms with E-state index in [-0.39, 0.29) is 0 Å². The molecular formula is C23H33N5O2. The molecule has 0 radical (unpaired) electrons. The van der Waals surface area contributed by atoms with Crippen molar-refractivity contribution in [2.45, 2.75) is 46.1 Å². The van der Waals surface area contributed by atoms with Crippen LogP contribution in [0.5, 0.6) is 0 Å². The number of ether oxygens (including phenoxy) is 1. The zero-order chi connectivity index (χ0) is 21.8. The van der Waals surface area contributed by atoms with Gasteiger partial charge in [-0.1, -0.05) is 18.2 Å². The van der Waals surface area contributed by atoms with Crippen LogP contribution in [0.3, 0.4) is 0 Å². The van der Waals surface area contributed by atoms with Crippen LogP contribution in [0.4, 0.5) is 10.5 Å². The van der Waals surface area contributed by atoms with Gasteiger partial charge in [0, 0.05) is 43.6 Å². The highest BCUT2D eigenvalue weighted by molar-refractivity contribution is 5.84. The largest absolute Gasteiger partial charge is 0.444 e. The molecule has 0 atom stereocenters. The van der Waals surface area contributed by atoms with Crippen LogP contribution in [0.2, 0.25) is 0 Å². The van der Waals surface area contributed by atoms with Gasteiger partial charge in [0.15, 0.2) is 5.96 Å². The Hall–Kier alpha value is -3.09. The van der Waals surface area contributed by atoms with Crippen molar-refractivity contribution in [2.75, 3.05) is 25.0 Å². The molecule has 1 heterocycles. The SMILES string of the molecule is CCNC(=NCCc1ccccn1)NCCc1ccc(NC(=O)OC(C)(C)C)cc1. The van der Waals surface area contributed by atoms with E-state index in [2.05, 4.69) is 25.9 Å². The molecule has 1 amide bonds. The summed E-state index contributed by atoms with van der Waals surface area (Å²) in [5.74, 6) is 0.802. The predicted octanol–water partition coefficient (Wildman–Crippen LogP) is 3.77. The molecular weight excluding hydrogens is 378 g/mol. The third kappa shape index (κ3) is 9.41. The number of hydrogen-bond donors (Lipinski definition) is 3. The fourth-order valence-electron chi connectivity index (χ4n) is 2.67. The first-order valence-corrected chi connectivity index (χ1v) is 10.4. The highest BCUT2D eigenvalue weighted by Crippen LogP contribution is 2.13. The van der Waals surface area contributed by atoms with Crippen molar-refractivity contribution in [3.05, 3.63) is 59.9 Å². The number of carbonyl (C=O) groups is 1. The Morgan fingerprint density at radius 1 is 1.07 bits per heavy atom. The van der Waals surface area contributed by atoms with Crippen molar-refractivity contribution in [1.82, 2.24) is 15.6 Å². The number of aliphatic imine (C=N–C) groups is 1. The summed E-state index contributed by atoms with van der Waals surface area (Å²) in [4.78, 5) is 20.8. The smallest absolute Gasteiger partial charge is 0.412 e. The standard InChI is InChI=1S/C23H33N5O2/c1-5-24-21(27-17-14-19-8-6-7-15-25-19)26-16-13-18-9-11-20(12-10-18)28-22(29)30-23(2,3)4/h6-12,15H,5,13-14,16-17H2,1-4H3,(H,28,29)(H2,24,26,27). The number of aromatic nitrogens is 1. The molecule has 30 heavy (non-hydrogen) atoms. The molecule has 0 unspecified atom stereocenters. The summed E-state index contributed by atoms with van der Waals surface area (Å²) in [6.45, 7) is 9.81. The van der Waals surface area contributed by atoms with Crippen molar-refractivity contribution >= 4 is 17.7 Å². The first kappa shape index (κ1) is 23.2. The Labute approximate surface area is 179 Å². The van der Waals surface area contributed by atoms with Gasteiger partial charge in [0.25, 0.3) is 0 Å². The first-order chi connectivity index (χ1) is 14.4. The highest BCUT2D eigenvalue weighted by Gasteiger charge is 2.16. The van der Waals surface area contributed by atoms with E-state index in [1.54, 1.807) is 6.20 Å². The summed E-state index contributed by atoms with van der Waals surface area (Å²) >= 11 is 0. The Bertz CT molecular complexity index is 799. The van der Waals surface area contributed by atoms with E-state index in [9.17, 15) is 4.79 Å². The minimum atomic E-state index is -0.515. The summed E-state index contributed by atoms with van der Waals surface area (Å²) in [6, 6.07) is 13.7. The normalized spacial score (nSPS) is 11.7. The van der Waals surface area contributed by atoms with Crippen LogP contribution in [-0.4, -0.2) is 42.3 Å². The van der Waals surface area contributed by atoms with Crippen LogP contribution in [0.15, 0.2) is 53.7 Å². The summed E-state index contributed by atoms with van der Waals surface area (Å²) < 4.78 is 5.26. The lowest BCUT2D eigenvalue weighted by Crippen LogP contribution is -2.38. The molecule has 7 nitrogen and oxygen atoms in total. The van der Waals surface area contributed by atoms with Crippen LogP contribution < -0.4 is 16.0 Å². The number of carbonyl (C=O) groups excluding carboxylic acids is 1. The van der Waals surface area contributed by atoms with E-state index in [4.69, 9.17) is 4.74 Å². The van der Waals surface area contributed by atoms with Crippen LogP contribution in [0, 0.1) is 0 Å². The molecule has 0 aliphatic heterocycles. The van der Waals surface area contributed by atoms with Crippen molar-refractivity contribution < 1.29 is 9.53 Å². The fourth-order valence-corrected chi connectivity index (χ4v) is 2.67. The van der Waals surface area contributed by atoms with Gasteiger partial charge in [-0.25, -0.2) is 4.79 Å². The highest BCUT2D eigenvalue weighted by atomic mass is 16.6.